The van der Waals surface area contributed by atoms with Crippen LogP contribution in [0, 0.1) is 6.92 Å². The van der Waals surface area contributed by atoms with Crippen molar-refractivity contribution in [2.24, 2.45) is 0 Å². The zero-order valence-electron chi connectivity index (χ0n) is 7.08. The third-order valence-electron chi connectivity index (χ3n) is 2.03. The molecule has 0 saturated heterocycles. The number of rotatable bonds is 0. The van der Waals surface area contributed by atoms with E-state index in [-0.39, 0.29) is 5.75 Å². The summed E-state index contributed by atoms with van der Waals surface area (Å²) in [6, 6.07) is 5.17. The first-order valence-electron chi connectivity index (χ1n) is 3.93. The number of aromatic nitrogens is 1. The number of phenolic OH excluding ortho intramolecular Hbond substituents is 1. The molecule has 1 heterocycles. The van der Waals surface area contributed by atoms with Crippen LogP contribution >= 0.6 is 11.6 Å². The molecule has 0 bridgehead atoms. The first-order valence-corrected chi connectivity index (χ1v) is 4.31. The molecule has 0 spiro atoms. The third-order valence-corrected chi connectivity index (χ3v) is 2.34. The van der Waals surface area contributed by atoms with Gasteiger partial charge in [-0.05, 0) is 24.6 Å². The van der Waals surface area contributed by atoms with Gasteiger partial charge in [-0.15, -0.1) is 0 Å². The normalized spacial score (nSPS) is 10.6. The molecular formula is C10H8ClNO. The van der Waals surface area contributed by atoms with Crippen molar-refractivity contribution in [1.29, 1.82) is 0 Å². The van der Waals surface area contributed by atoms with E-state index in [1.807, 2.05) is 13.0 Å². The molecule has 0 aliphatic carbocycles. The van der Waals surface area contributed by atoms with Gasteiger partial charge in [-0.1, -0.05) is 17.7 Å². The number of hydrogen-bond donors (Lipinski definition) is 1. The van der Waals surface area contributed by atoms with Crippen LogP contribution in [0.15, 0.2) is 24.4 Å². The van der Waals surface area contributed by atoms with Gasteiger partial charge in [-0.2, -0.15) is 0 Å². The predicted octanol–water partition coefficient (Wildman–Crippen LogP) is 2.90. The first kappa shape index (κ1) is 8.32. The Balaban J connectivity index is 3.00. The molecule has 0 aliphatic rings. The fraction of sp³-hybridized carbons (Fsp3) is 0.100. The number of hydrogen-bond acceptors (Lipinski definition) is 2. The van der Waals surface area contributed by atoms with Gasteiger partial charge in [0.05, 0.1) is 5.02 Å². The summed E-state index contributed by atoms with van der Waals surface area (Å²) in [5, 5.41) is 10.9. The smallest absolute Gasteiger partial charge is 0.141 e. The number of benzene rings is 1. The lowest BCUT2D eigenvalue weighted by atomic mass is 10.1. The maximum atomic E-state index is 9.50. The Labute approximate surface area is 80.8 Å². The van der Waals surface area contributed by atoms with E-state index >= 15 is 0 Å². The molecule has 2 rings (SSSR count). The molecule has 13 heavy (non-hydrogen) atoms. The average molecular weight is 194 g/mol. The van der Waals surface area contributed by atoms with E-state index < -0.39 is 0 Å². The predicted molar refractivity (Wildman–Crippen MR) is 53.2 cm³/mol. The molecule has 1 aromatic carbocycles. The number of aromatic hydroxyl groups is 1. The van der Waals surface area contributed by atoms with Crippen LogP contribution in [0.4, 0.5) is 0 Å². The van der Waals surface area contributed by atoms with Gasteiger partial charge in [0, 0.05) is 11.6 Å². The fourth-order valence-corrected chi connectivity index (χ4v) is 1.67. The van der Waals surface area contributed by atoms with E-state index in [1.54, 1.807) is 18.3 Å². The van der Waals surface area contributed by atoms with Crippen molar-refractivity contribution in [3.63, 3.8) is 0 Å². The fourth-order valence-electron chi connectivity index (χ4n) is 1.37. The monoisotopic (exact) mass is 193 g/mol. The van der Waals surface area contributed by atoms with Gasteiger partial charge in [-0.3, -0.25) is 4.98 Å². The van der Waals surface area contributed by atoms with Gasteiger partial charge in [0.15, 0.2) is 0 Å². The largest absolute Gasteiger partial charge is 0.506 e. The van der Waals surface area contributed by atoms with E-state index in [9.17, 15) is 5.11 Å². The topological polar surface area (TPSA) is 33.1 Å². The Morgan fingerprint density at radius 1 is 1.31 bits per heavy atom. The van der Waals surface area contributed by atoms with Gasteiger partial charge >= 0.3 is 0 Å². The average Bonchev–Trinajstić information content (AvgIpc) is 2.12. The molecule has 3 heteroatoms. The van der Waals surface area contributed by atoms with Gasteiger partial charge in [0.2, 0.25) is 0 Å². The van der Waals surface area contributed by atoms with Crippen molar-refractivity contribution in [3.8, 4) is 5.75 Å². The number of fused-ring (bicyclic) bond motifs is 1. The SMILES string of the molecule is Cc1ccc(O)c2nccc(Cl)c12. The molecule has 0 atom stereocenters. The summed E-state index contributed by atoms with van der Waals surface area (Å²) in [6.45, 7) is 1.94. The maximum Gasteiger partial charge on any atom is 0.141 e. The lowest BCUT2D eigenvalue weighted by Gasteiger charge is -2.04. The summed E-state index contributed by atoms with van der Waals surface area (Å²) < 4.78 is 0. The molecule has 0 radical (unpaired) electrons. The van der Waals surface area contributed by atoms with Crippen molar-refractivity contribution in [3.05, 3.63) is 35.0 Å². The summed E-state index contributed by atoms with van der Waals surface area (Å²) >= 11 is 5.98. The van der Waals surface area contributed by atoms with Crippen LogP contribution in [-0.4, -0.2) is 10.1 Å². The number of phenols is 1. The molecule has 1 aromatic heterocycles. The lowest BCUT2D eigenvalue weighted by Crippen LogP contribution is -1.83. The highest BCUT2D eigenvalue weighted by molar-refractivity contribution is 6.35. The summed E-state index contributed by atoms with van der Waals surface area (Å²) in [7, 11) is 0. The Morgan fingerprint density at radius 3 is 2.77 bits per heavy atom. The zero-order valence-corrected chi connectivity index (χ0v) is 7.84. The highest BCUT2D eigenvalue weighted by Gasteiger charge is 2.06. The van der Waals surface area contributed by atoms with E-state index in [4.69, 9.17) is 11.6 Å². The summed E-state index contributed by atoms with van der Waals surface area (Å²) in [5.74, 6) is 0.170. The van der Waals surface area contributed by atoms with Gasteiger partial charge < -0.3 is 5.11 Å². The zero-order chi connectivity index (χ0) is 9.42. The second-order valence-corrected chi connectivity index (χ2v) is 3.33. The highest BCUT2D eigenvalue weighted by atomic mass is 35.5. The van der Waals surface area contributed by atoms with E-state index in [0.717, 1.165) is 10.9 Å². The molecule has 1 N–H and O–H groups in total. The Morgan fingerprint density at radius 2 is 2.08 bits per heavy atom. The van der Waals surface area contributed by atoms with Crippen molar-refractivity contribution >= 4 is 22.5 Å². The van der Waals surface area contributed by atoms with Crippen molar-refractivity contribution in [1.82, 2.24) is 4.98 Å². The van der Waals surface area contributed by atoms with Crippen LogP contribution in [-0.2, 0) is 0 Å². The summed E-state index contributed by atoms with van der Waals surface area (Å²) in [5.41, 5.74) is 1.58. The first-order chi connectivity index (χ1) is 6.20. The Hall–Kier alpha value is -1.28. The minimum absolute atomic E-state index is 0.170. The van der Waals surface area contributed by atoms with Crippen LogP contribution < -0.4 is 0 Å². The minimum atomic E-state index is 0.170. The van der Waals surface area contributed by atoms with Crippen LogP contribution in [0.3, 0.4) is 0 Å². The third kappa shape index (κ3) is 1.23. The van der Waals surface area contributed by atoms with Gasteiger partial charge in [0.25, 0.3) is 0 Å². The van der Waals surface area contributed by atoms with Crippen LogP contribution in [0.5, 0.6) is 5.75 Å². The molecule has 0 saturated carbocycles. The number of pyridine rings is 1. The van der Waals surface area contributed by atoms with Crippen LogP contribution in [0.1, 0.15) is 5.56 Å². The second kappa shape index (κ2) is 2.89. The summed E-state index contributed by atoms with van der Waals surface area (Å²) in [6.07, 6.45) is 1.59. The minimum Gasteiger partial charge on any atom is -0.506 e. The van der Waals surface area contributed by atoms with Crippen LogP contribution in [0.25, 0.3) is 10.9 Å². The molecule has 0 amide bonds. The number of nitrogens with zero attached hydrogens (tertiary/aromatic N) is 1. The van der Waals surface area contributed by atoms with E-state index in [2.05, 4.69) is 4.98 Å². The van der Waals surface area contributed by atoms with E-state index in [1.165, 1.54) is 0 Å². The number of aryl methyl sites for hydroxylation is 1. The summed E-state index contributed by atoms with van der Waals surface area (Å²) in [4.78, 5) is 4.07. The maximum absolute atomic E-state index is 9.50. The molecular weight excluding hydrogens is 186 g/mol. The molecule has 2 aromatic rings. The van der Waals surface area contributed by atoms with Crippen molar-refractivity contribution < 1.29 is 5.11 Å². The Bertz CT molecular complexity index is 459. The van der Waals surface area contributed by atoms with Gasteiger partial charge in [0.1, 0.15) is 11.3 Å². The molecule has 2 nitrogen and oxygen atoms in total. The van der Waals surface area contributed by atoms with Crippen molar-refractivity contribution in [2.45, 2.75) is 6.92 Å². The molecule has 0 fully saturated rings. The van der Waals surface area contributed by atoms with Gasteiger partial charge in [-0.25, -0.2) is 0 Å². The number of halogens is 1. The van der Waals surface area contributed by atoms with E-state index in [0.29, 0.717) is 10.5 Å². The highest BCUT2D eigenvalue weighted by Crippen LogP contribution is 2.30. The standard InChI is InChI=1S/C10H8ClNO/c1-6-2-3-8(13)10-9(6)7(11)4-5-12-10/h2-5,13H,1H3. The Kier molecular flexibility index (Phi) is 1.85. The van der Waals surface area contributed by atoms with Crippen LogP contribution in [0.2, 0.25) is 5.02 Å². The quantitative estimate of drug-likeness (QED) is 0.698. The molecule has 66 valence electrons. The van der Waals surface area contributed by atoms with Crippen molar-refractivity contribution in [2.75, 3.05) is 0 Å². The molecule has 0 aliphatic heterocycles. The second-order valence-electron chi connectivity index (χ2n) is 2.92. The lowest BCUT2D eigenvalue weighted by molar-refractivity contribution is 0.480. The molecule has 0 unspecified atom stereocenters.